The van der Waals surface area contributed by atoms with Gasteiger partial charge in [-0.2, -0.15) is 0 Å². The molecule has 0 fully saturated rings. The minimum Gasteiger partial charge on any atom is -0.385 e. The van der Waals surface area contributed by atoms with Gasteiger partial charge in [0.1, 0.15) is 0 Å². The van der Waals surface area contributed by atoms with Crippen molar-refractivity contribution < 1.29 is 9.66 Å². The number of para-hydroxylation sites is 1. The van der Waals surface area contributed by atoms with Crippen molar-refractivity contribution in [2.75, 3.05) is 27.3 Å². The third-order valence-electron chi connectivity index (χ3n) is 2.68. The Bertz CT molecular complexity index is 468. The minimum atomic E-state index is -0.383. The molecule has 7 nitrogen and oxygen atoms in total. The van der Waals surface area contributed by atoms with Crippen LogP contribution in [-0.2, 0) is 11.3 Å². The topological polar surface area (TPSA) is 88.8 Å². The van der Waals surface area contributed by atoms with Crippen LogP contribution in [0.15, 0.2) is 29.3 Å². The molecule has 0 aromatic heterocycles. The molecule has 0 radical (unpaired) electrons. The number of ether oxygens (including phenoxy) is 1. The second kappa shape index (κ2) is 11.3. The predicted octanol–water partition coefficient (Wildman–Crippen LogP) is 1.91. The number of hydrogen-bond acceptors (Lipinski definition) is 4. The Morgan fingerprint density at radius 2 is 2.10 bits per heavy atom. The number of rotatable bonds is 7. The first kappa shape index (κ1) is 19.6. The molecule has 0 unspecified atom stereocenters. The molecule has 0 amide bonds. The number of benzene rings is 1. The van der Waals surface area contributed by atoms with E-state index in [1.54, 1.807) is 32.4 Å². The van der Waals surface area contributed by atoms with E-state index in [0.29, 0.717) is 24.7 Å². The molecule has 0 saturated carbocycles. The molecule has 8 heteroatoms. The van der Waals surface area contributed by atoms with E-state index < -0.39 is 0 Å². The maximum Gasteiger partial charge on any atom is 0.274 e. The van der Waals surface area contributed by atoms with Crippen LogP contribution in [0.3, 0.4) is 0 Å². The Hall–Kier alpha value is -1.42. The van der Waals surface area contributed by atoms with Crippen molar-refractivity contribution in [2.24, 2.45) is 4.99 Å². The van der Waals surface area contributed by atoms with Crippen LogP contribution in [0.5, 0.6) is 0 Å². The largest absolute Gasteiger partial charge is 0.385 e. The van der Waals surface area contributed by atoms with E-state index >= 15 is 0 Å². The third-order valence-corrected chi connectivity index (χ3v) is 2.68. The lowest BCUT2D eigenvalue weighted by Gasteiger charge is -2.11. The highest BCUT2D eigenvalue weighted by atomic mass is 127. The molecule has 0 spiro atoms. The molecule has 118 valence electrons. The van der Waals surface area contributed by atoms with Crippen LogP contribution in [0.1, 0.15) is 12.0 Å². The number of methoxy groups -OCH3 is 1. The Morgan fingerprint density at radius 1 is 1.38 bits per heavy atom. The zero-order valence-electron chi connectivity index (χ0n) is 12.2. The summed E-state index contributed by atoms with van der Waals surface area (Å²) >= 11 is 0. The number of hydrogen-bond donors (Lipinski definition) is 2. The van der Waals surface area contributed by atoms with Gasteiger partial charge in [-0.3, -0.25) is 15.1 Å². The van der Waals surface area contributed by atoms with Gasteiger partial charge in [0.15, 0.2) is 5.96 Å². The van der Waals surface area contributed by atoms with Crippen LogP contribution >= 0.6 is 24.0 Å². The van der Waals surface area contributed by atoms with Gasteiger partial charge in [-0.25, -0.2) is 0 Å². The molecule has 0 saturated heterocycles. The summed E-state index contributed by atoms with van der Waals surface area (Å²) in [5.74, 6) is 0.610. The number of guanidine groups is 1. The quantitative estimate of drug-likeness (QED) is 0.180. The molecule has 1 aromatic carbocycles. The normalized spacial score (nSPS) is 10.7. The second-order valence-corrected chi connectivity index (χ2v) is 4.08. The average molecular weight is 408 g/mol. The van der Waals surface area contributed by atoms with Crippen LogP contribution in [0.4, 0.5) is 5.69 Å². The Morgan fingerprint density at radius 3 is 2.71 bits per heavy atom. The summed E-state index contributed by atoms with van der Waals surface area (Å²) in [6.45, 7) is 1.75. The first-order valence-corrected chi connectivity index (χ1v) is 6.34. The van der Waals surface area contributed by atoms with E-state index in [1.165, 1.54) is 6.07 Å². The van der Waals surface area contributed by atoms with Crippen molar-refractivity contribution in [3.8, 4) is 0 Å². The van der Waals surface area contributed by atoms with Crippen molar-refractivity contribution in [3.63, 3.8) is 0 Å². The van der Waals surface area contributed by atoms with Crippen LogP contribution in [-0.4, -0.2) is 38.2 Å². The maximum atomic E-state index is 10.9. The summed E-state index contributed by atoms with van der Waals surface area (Å²) in [5, 5.41) is 17.1. The van der Waals surface area contributed by atoms with E-state index in [9.17, 15) is 10.1 Å². The van der Waals surface area contributed by atoms with Crippen LogP contribution in [0, 0.1) is 10.1 Å². The molecule has 0 aliphatic heterocycles. The van der Waals surface area contributed by atoms with Gasteiger partial charge in [0.25, 0.3) is 5.69 Å². The Balaban J connectivity index is 0.00000400. The van der Waals surface area contributed by atoms with Crippen molar-refractivity contribution in [2.45, 2.75) is 13.0 Å². The fraction of sp³-hybridized carbons (Fsp3) is 0.462. The predicted molar refractivity (Wildman–Crippen MR) is 93.2 cm³/mol. The molecular weight excluding hydrogens is 387 g/mol. The van der Waals surface area contributed by atoms with E-state index in [4.69, 9.17) is 4.74 Å². The van der Waals surface area contributed by atoms with Gasteiger partial charge in [-0.15, -0.1) is 24.0 Å². The monoisotopic (exact) mass is 408 g/mol. The Labute approximate surface area is 141 Å². The molecule has 0 heterocycles. The van der Waals surface area contributed by atoms with Crippen molar-refractivity contribution in [3.05, 3.63) is 39.9 Å². The van der Waals surface area contributed by atoms with E-state index in [0.717, 1.165) is 13.0 Å². The van der Waals surface area contributed by atoms with Gasteiger partial charge in [0, 0.05) is 45.5 Å². The lowest BCUT2D eigenvalue weighted by atomic mass is 10.2. The SMILES string of the molecule is CN=C(NCCCOC)NCc1ccccc1[N+](=O)[O-].I. The van der Waals surface area contributed by atoms with Crippen molar-refractivity contribution in [1.82, 2.24) is 10.6 Å². The van der Waals surface area contributed by atoms with Gasteiger partial charge >= 0.3 is 0 Å². The number of nitrogens with zero attached hydrogens (tertiary/aromatic N) is 2. The number of nitrogens with one attached hydrogen (secondary N) is 2. The standard InChI is InChI=1S/C13H20N4O3.HI/c1-14-13(15-8-5-9-20-2)16-10-11-6-3-4-7-12(11)17(18)19;/h3-4,6-7H,5,8-10H2,1-2H3,(H2,14,15,16);1H. The highest BCUT2D eigenvalue weighted by Gasteiger charge is 2.12. The van der Waals surface area contributed by atoms with Crippen LogP contribution in [0.25, 0.3) is 0 Å². The number of aliphatic imine (C=N–C) groups is 1. The van der Waals surface area contributed by atoms with E-state index in [-0.39, 0.29) is 34.6 Å². The zero-order chi connectivity index (χ0) is 14.8. The van der Waals surface area contributed by atoms with Crippen molar-refractivity contribution >= 4 is 35.6 Å². The first-order valence-electron chi connectivity index (χ1n) is 6.34. The smallest absolute Gasteiger partial charge is 0.274 e. The lowest BCUT2D eigenvalue weighted by Crippen LogP contribution is -2.37. The van der Waals surface area contributed by atoms with Crippen LogP contribution in [0.2, 0.25) is 0 Å². The first-order chi connectivity index (χ1) is 9.69. The summed E-state index contributed by atoms with van der Waals surface area (Å²) < 4.78 is 4.95. The fourth-order valence-corrected chi connectivity index (χ4v) is 1.66. The minimum absolute atomic E-state index is 0. The molecule has 2 N–H and O–H groups in total. The molecule has 21 heavy (non-hydrogen) atoms. The van der Waals surface area contributed by atoms with Gasteiger partial charge in [0.05, 0.1) is 4.92 Å². The fourth-order valence-electron chi connectivity index (χ4n) is 1.66. The molecule has 0 aliphatic rings. The highest BCUT2D eigenvalue weighted by molar-refractivity contribution is 14.0. The summed E-state index contributed by atoms with van der Waals surface area (Å²) in [6.07, 6.45) is 0.864. The molecule has 0 bridgehead atoms. The average Bonchev–Trinajstić information content (AvgIpc) is 2.46. The Kier molecular flexibility index (Phi) is 10.5. The summed E-state index contributed by atoms with van der Waals surface area (Å²) in [5.41, 5.74) is 0.729. The number of halogens is 1. The van der Waals surface area contributed by atoms with Gasteiger partial charge in [-0.1, -0.05) is 18.2 Å². The van der Waals surface area contributed by atoms with Crippen LogP contribution < -0.4 is 10.6 Å². The summed E-state index contributed by atoms with van der Waals surface area (Å²) in [7, 11) is 3.31. The zero-order valence-corrected chi connectivity index (χ0v) is 14.5. The van der Waals surface area contributed by atoms with E-state index in [2.05, 4.69) is 15.6 Å². The number of nitro groups is 1. The second-order valence-electron chi connectivity index (χ2n) is 4.08. The molecule has 0 atom stereocenters. The van der Waals surface area contributed by atoms with Gasteiger partial charge < -0.3 is 15.4 Å². The van der Waals surface area contributed by atoms with Gasteiger partial charge in [-0.05, 0) is 6.42 Å². The van der Waals surface area contributed by atoms with E-state index in [1.807, 2.05) is 0 Å². The summed E-state index contributed by atoms with van der Waals surface area (Å²) in [6, 6.07) is 6.65. The summed E-state index contributed by atoms with van der Waals surface area (Å²) in [4.78, 5) is 14.6. The molecule has 0 aliphatic carbocycles. The lowest BCUT2D eigenvalue weighted by molar-refractivity contribution is -0.385. The van der Waals surface area contributed by atoms with Crippen molar-refractivity contribution in [1.29, 1.82) is 0 Å². The molecular formula is C13H21IN4O3. The third kappa shape index (κ3) is 7.23. The number of nitro benzene ring substituents is 1. The molecule has 1 aromatic rings. The molecule has 1 rings (SSSR count). The maximum absolute atomic E-state index is 10.9. The van der Waals surface area contributed by atoms with Gasteiger partial charge in [0.2, 0.25) is 0 Å². The highest BCUT2D eigenvalue weighted by Crippen LogP contribution is 2.16.